The number of hydrogen-bond donors (Lipinski definition) is 1. The highest BCUT2D eigenvalue weighted by Crippen LogP contribution is 2.12. The van der Waals surface area contributed by atoms with Crippen molar-refractivity contribution in [1.29, 1.82) is 0 Å². The van der Waals surface area contributed by atoms with Gasteiger partial charge in [0, 0.05) is 11.4 Å². The Balaban J connectivity index is 2.62. The first-order valence-electron chi connectivity index (χ1n) is 5.80. The molecule has 1 amide bonds. The topological polar surface area (TPSA) is 55.4 Å². The molecule has 0 saturated heterocycles. The van der Waals surface area contributed by atoms with Crippen molar-refractivity contribution in [2.45, 2.75) is 19.4 Å². The Morgan fingerprint density at radius 2 is 2.00 bits per heavy atom. The highest BCUT2D eigenvalue weighted by Gasteiger charge is 2.17. The van der Waals surface area contributed by atoms with Gasteiger partial charge >= 0.3 is 5.97 Å². The molecular formula is C14H16BrNO3. The Labute approximate surface area is 121 Å². The van der Waals surface area contributed by atoms with Crippen molar-refractivity contribution >= 4 is 33.9 Å². The van der Waals surface area contributed by atoms with Crippen LogP contribution in [0, 0.1) is 0 Å². The molecule has 19 heavy (non-hydrogen) atoms. The van der Waals surface area contributed by atoms with Gasteiger partial charge in [-0.2, -0.15) is 0 Å². The SMILES string of the molecule is COC(=O)[C@@H](C/C=C/c1ccc(Br)cc1)NC(C)=O. The second-order valence-corrected chi connectivity index (χ2v) is 4.88. The third-order valence-electron chi connectivity index (χ3n) is 2.42. The number of halogens is 1. The van der Waals surface area contributed by atoms with Gasteiger partial charge in [-0.1, -0.05) is 40.2 Å². The van der Waals surface area contributed by atoms with Crippen LogP contribution in [0.5, 0.6) is 0 Å². The minimum Gasteiger partial charge on any atom is -0.467 e. The molecule has 102 valence electrons. The lowest BCUT2D eigenvalue weighted by molar-refractivity contribution is -0.144. The molecule has 0 heterocycles. The summed E-state index contributed by atoms with van der Waals surface area (Å²) >= 11 is 3.36. The van der Waals surface area contributed by atoms with Gasteiger partial charge in [0.05, 0.1) is 7.11 Å². The molecule has 1 aromatic rings. The maximum absolute atomic E-state index is 11.5. The van der Waals surface area contributed by atoms with Crippen molar-refractivity contribution in [3.63, 3.8) is 0 Å². The molecule has 0 saturated carbocycles. The summed E-state index contributed by atoms with van der Waals surface area (Å²) in [6.45, 7) is 1.37. The molecule has 0 radical (unpaired) electrons. The second kappa shape index (κ2) is 7.74. The molecule has 0 bridgehead atoms. The minimum atomic E-state index is -0.644. The monoisotopic (exact) mass is 325 g/mol. The quantitative estimate of drug-likeness (QED) is 0.846. The molecule has 1 N–H and O–H groups in total. The van der Waals surface area contributed by atoms with Crippen LogP contribution in [-0.2, 0) is 14.3 Å². The zero-order valence-electron chi connectivity index (χ0n) is 10.9. The number of esters is 1. The van der Waals surface area contributed by atoms with Crippen molar-refractivity contribution in [3.05, 3.63) is 40.4 Å². The Morgan fingerprint density at radius 1 is 1.37 bits per heavy atom. The minimum absolute atomic E-state index is 0.257. The maximum atomic E-state index is 11.5. The predicted octanol–water partition coefficient (Wildman–Crippen LogP) is 2.53. The van der Waals surface area contributed by atoms with E-state index in [1.807, 2.05) is 36.4 Å². The number of amides is 1. The van der Waals surface area contributed by atoms with Gasteiger partial charge in [-0.15, -0.1) is 0 Å². The van der Waals surface area contributed by atoms with Crippen molar-refractivity contribution < 1.29 is 14.3 Å². The van der Waals surface area contributed by atoms with Gasteiger partial charge in [-0.05, 0) is 24.1 Å². The van der Waals surface area contributed by atoms with Crippen LogP contribution in [-0.4, -0.2) is 25.0 Å². The third-order valence-corrected chi connectivity index (χ3v) is 2.94. The van der Waals surface area contributed by atoms with Crippen molar-refractivity contribution in [1.82, 2.24) is 5.32 Å². The number of benzene rings is 1. The first kappa shape index (κ1) is 15.4. The molecule has 5 heteroatoms. The summed E-state index contributed by atoms with van der Waals surface area (Å²) in [6.07, 6.45) is 4.12. The Bertz CT molecular complexity index is 468. The van der Waals surface area contributed by atoms with Gasteiger partial charge in [0.1, 0.15) is 6.04 Å². The fourth-order valence-electron chi connectivity index (χ4n) is 1.52. The average molecular weight is 326 g/mol. The number of methoxy groups -OCH3 is 1. The van der Waals surface area contributed by atoms with Crippen LogP contribution < -0.4 is 5.32 Å². The normalized spacial score (nSPS) is 12.2. The Morgan fingerprint density at radius 3 is 2.53 bits per heavy atom. The third kappa shape index (κ3) is 5.70. The summed E-state index contributed by atoms with van der Waals surface area (Å²) in [5.74, 6) is -0.705. The van der Waals surface area contributed by atoms with E-state index in [1.54, 1.807) is 0 Å². The molecule has 4 nitrogen and oxygen atoms in total. The van der Waals surface area contributed by atoms with E-state index in [-0.39, 0.29) is 5.91 Å². The summed E-state index contributed by atoms with van der Waals surface area (Å²) in [7, 11) is 1.30. The first-order valence-corrected chi connectivity index (χ1v) is 6.59. The number of carbonyl (C=O) groups excluding carboxylic acids is 2. The van der Waals surface area contributed by atoms with Crippen LogP contribution in [0.25, 0.3) is 6.08 Å². The molecule has 1 rings (SSSR count). The van der Waals surface area contributed by atoms with Crippen LogP contribution in [0.15, 0.2) is 34.8 Å². The number of nitrogens with one attached hydrogen (secondary N) is 1. The van der Waals surface area contributed by atoms with E-state index in [2.05, 4.69) is 26.0 Å². The van der Waals surface area contributed by atoms with E-state index in [1.165, 1.54) is 14.0 Å². The molecular weight excluding hydrogens is 310 g/mol. The molecule has 1 aromatic carbocycles. The summed E-state index contributed by atoms with van der Waals surface area (Å²) in [5, 5.41) is 2.55. The molecule has 0 fully saturated rings. The second-order valence-electron chi connectivity index (χ2n) is 3.97. The Kier molecular flexibility index (Phi) is 6.29. The zero-order valence-corrected chi connectivity index (χ0v) is 12.4. The van der Waals surface area contributed by atoms with E-state index < -0.39 is 12.0 Å². The highest BCUT2D eigenvalue weighted by molar-refractivity contribution is 9.10. The average Bonchev–Trinajstić information content (AvgIpc) is 2.38. The van der Waals surface area contributed by atoms with E-state index in [4.69, 9.17) is 0 Å². The van der Waals surface area contributed by atoms with E-state index in [0.29, 0.717) is 6.42 Å². The summed E-state index contributed by atoms with van der Waals surface area (Å²) < 4.78 is 5.65. The molecule has 0 unspecified atom stereocenters. The van der Waals surface area contributed by atoms with Gasteiger partial charge < -0.3 is 10.1 Å². The van der Waals surface area contributed by atoms with E-state index in [0.717, 1.165) is 10.0 Å². The largest absolute Gasteiger partial charge is 0.467 e. The summed E-state index contributed by atoms with van der Waals surface area (Å²) in [4.78, 5) is 22.5. The molecule has 0 aromatic heterocycles. The number of hydrogen-bond acceptors (Lipinski definition) is 3. The van der Waals surface area contributed by atoms with Crippen molar-refractivity contribution in [2.75, 3.05) is 7.11 Å². The van der Waals surface area contributed by atoms with Crippen LogP contribution in [0.1, 0.15) is 18.9 Å². The number of carbonyl (C=O) groups is 2. The summed E-state index contributed by atoms with van der Waals surface area (Å²) in [5.41, 5.74) is 1.02. The number of rotatable bonds is 5. The molecule has 0 aliphatic carbocycles. The van der Waals surface area contributed by atoms with Gasteiger partial charge in [-0.3, -0.25) is 4.79 Å². The van der Waals surface area contributed by atoms with Crippen LogP contribution in [0.4, 0.5) is 0 Å². The Hall–Kier alpha value is -1.62. The fraction of sp³-hybridized carbons (Fsp3) is 0.286. The molecule has 0 aliphatic rings. The molecule has 0 spiro atoms. The lowest BCUT2D eigenvalue weighted by Gasteiger charge is -2.13. The zero-order chi connectivity index (χ0) is 14.3. The van der Waals surface area contributed by atoms with Crippen molar-refractivity contribution in [2.24, 2.45) is 0 Å². The molecule has 1 atom stereocenters. The predicted molar refractivity (Wildman–Crippen MR) is 77.4 cm³/mol. The van der Waals surface area contributed by atoms with Crippen LogP contribution >= 0.6 is 15.9 Å². The highest BCUT2D eigenvalue weighted by atomic mass is 79.9. The summed E-state index contributed by atoms with van der Waals surface area (Å²) in [6, 6.07) is 7.13. The standard InChI is InChI=1S/C14H16BrNO3/c1-10(17)16-13(14(18)19-2)5-3-4-11-6-8-12(15)9-7-11/h3-4,6-9,13H,5H2,1-2H3,(H,16,17)/b4-3+/t13-/m1/s1. The van der Waals surface area contributed by atoms with Crippen LogP contribution in [0.3, 0.4) is 0 Å². The van der Waals surface area contributed by atoms with E-state index in [9.17, 15) is 9.59 Å². The fourth-order valence-corrected chi connectivity index (χ4v) is 1.78. The van der Waals surface area contributed by atoms with Gasteiger partial charge in [-0.25, -0.2) is 4.79 Å². The molecule has 0 aliphatic heterocycles. The maximum Gasteiger partial charge on any atom is 0.328 e. The lowest BCUT2D eigenvalue weighted by Crippen LogP contribution is -2.39. The lowest BCUT2D eigenvalue weighted by atomic mass is 10.1. The van der Waals surface area contributed by atoms with Crippen molar-refractivity contribution in [3.8, 4) is 0 Å². The smallest absolute Gasteiger partial charge is 0.328 e. The van der Waals surface area contributed by atoms with Gasteiger partial charge in [0.15, 0.2) is 0 Å². The van der Waals surface area contributed by atoms with E-state index >= 15 is 0 Å². The first-order chi connectivity index (χ1) is 9.02. The van der Waals surface area contributed by atoms with Gasteiger partial charge in [0.2, 0.25) is 5.91 Å². The van der Waals surface area contributed by atoms with Gasteiger partial charge in [0.25, 0.3) is 0 Å². The number of ether oxygens (including phenoxy) is 1. The van der Waals surface area contributed by atoms with Crippen LogP contribution in [0.2, 0.25) is 0 Å².